The van der Waals surface area contributed by atoms with E-state index >= 15 is 0 Å². The number of hydrogen-bond acceptors (Lipinski definition) is 3. The summed E-state index contributed by atoms with van der Waals surface area (Å²) in [4.78, 5) is 11.1. The summed E-state index contributed by atoms with van der Waals surface area (Å²) in [6.45, 7) is 0.167. The number of terminal acetylenes is 1. The fourth-order valence-corrected chi connectivity index (χ4v) is 1.64. The molecule has 17 heavy (non-hydrogen) atoms. The Bertz CT molecular complexity index is 454. The van der Waals surface area contributed by atoms with Crippen molar-refractivity contribution in [3.63, 3.8) is 0 Å². The largest absolute Gasteiger partial charge is 0.495 e. The molecule has 0 saturated carbocycles. The van der Waals surface area contributed by atoms with Crippen LogP contribution in [0.25, 0.3) is 0 Å². The molecular formula is C12H12ClNO3. The quantitative estimate of drug-likeness (QED) is 0.785. The predicted molar refractivity (Wildman–Crippen MR) is 65.2 cm³/mol. The van der Waals surface area contributed by atoms with Crippen molar-refractivity contribution in [2.75, 3.05) is 13.7 Å². The fourth-order valence-electron chi connectivity index (χ4n) is 1.37. The Morgan fingerprint density at radius 3 is 2.88 bits per heavy atom. The van der Waals surface area contributed by atoms with Crippen molar-refractivity contribution >= 4 is 17.6 Å². The zero-order valence-corrected chi connectivity index (χ0v) is 9.99. The van der Waals surface area contributed by atoms with Gasteiger partial charge in [0.2, 0.25) is 0 Å². The van der Waals surface area contributed by atoms with Gasteiger partial charge in [0.15, 0.2) is 0 Å². The summed E-state index contributed by atoms with van der Waals surface area (Å²) in [6.07, 6.45) is 5.08. The van der Waals surface area contributed by atoms with Crippen LogP contribution in [0.5, 0.6) is 5.75 Å². The van der Waals surface area contributed by atoms with Gasteiger partial charge in [-0.05, 0) is 17.7 Å². The number of carboxylic acid groups (broad SMARTS) is 1. The second kappa shape index (κ2) is 6.14. The van der Waals surface area contributed by atoms with E-state index < -0.39 is 12.0 Å². The molecule has 1 atom stereocenters. The molecule has 1 rings (SSSR count). The molecule has 1 aromatic rings. The molecule has 1 unspecified atom stereocenters. The number of carboxylic acids is 1. The normalized spacial score (nSPS) is 11.6. The van der Waals surface area contributed by atoms with Gasteiger partial charge in [0, 0.05) is 0 Å². The van der Waals surface area contributed by atoms with Crippen molar-refractivity contribution in [1.29, 1.82) is 0 Å². The summed E-state index contributed by atoms with van der Waals surface area (Å²) in [5.74, 6) is 1.81. The number of benzene rings is 1. The third-order valence-corrected chi connectivity index (χ3v) is 2.46. The molecule has 0 aliphatic heterocycles. The van der Waals surface area contributed by atoms with Gasteiger partial charge in [-0.15, -0.1) is 6.42 Å². The minimum Gasteiger partial charge on any atom is -0.495 e. The van der Waals surface area contributed by atoms with E-state index in [-0.39, 0.29) is 6.54 Å². The van der Waals surface area contributed by atoms with Crippen molar-refractivity contribution in [2.45, 2.75) is 6.04 Å². The second-order valence-electron chi connectivity index (χ2n) is 3.25. The molecular weight excluding hydrogens is 242 g/mol. The highest BCUT2D eigenvalue weighted by Crippen LogP contribution is 2.27. The zero-order valence-electron chi connectivity index (χ0n) is 9.24. The Morgan fingerprint density at radius 2 is 2.41 bits per heavy atom. The van der Waals surface area contributed by atoms with Crippen LogP contribution in [0.4, 0.5) is 0 Å². The van der Waals surface area contributed by atoms with Crippen LogP contribution < -0.4 is 10.1 Å². The van der Waals surface area contributed by atoms with Gasteiger partial charge in [-0.3, -0.25) is 10.1 Å². The number of rotatable bonds is 5. The van der Waals surface area contributed by atoms with Crippen molar-refractivity contribution < 1.29 is 14.6 Å². The average molecular weight is 254 g/mol. The van der Waals surface area contributed by atoms with E-state index in [0.717, 1.165) is 0 Å². The first-order valence-corrected chi connectivity index (χ1v) is 5.21. The van der Waals surface area contributed by atoms with Crippen LogP contribution in [0.3, 0.4) is 0 Å². The summed E-state index contributed by atoms with van der Waals surface area (Å²) >= 11 is 5.93. The molecule has 0 radical (unpaired) electrons. The van der Waals surface area contributed by atoms with Gasteiger partial charge in [-0.2, -0.15) is 0 Å². The third kappa shape index (κ3) is 3.38. The van der Waals surface area contributed by atoms with E-state index in [9.17, 15) is 4.79 Å². The summed E-state index contributed by atoms with van der Waals surface area (Å²) in [5.41, 5.74) is 0.526. The highest BCUT2D eigenvalue weighted by Gasteiger charge is 2.19. The van der Waals surface area contributed by atoms with Crippen molar-refractivity contribution in [3.05, 3.63) is 28.8 Å². The average Bonchev–Trinajstić information content (AvgIpc) is 2.29. The number of carbonyl (C=O) groups is 1. The van der Waals surface area contributed by atoms with Gasteiger partial charge in [-0.1, -0.05) is 23.6 Å². The standard InChI is InChI=1S/C12H12ClNO3/c1-3-6-14-11(12(15)16)8-4-5-10(17-2)9(13)7-8/h1,4-5,7,11,14H,6H2,2H3,(H,15,16). The van der Waals surface area contributed by atoms with Crippen LogP contribution in [0.15, 0.2) is 18.2 Å². The van der Waals surface area contributed by atoms with E-state index in [2.05, 4.69) is 11.2 Å². The molecule has 0 fully saturated rings. The maximum absolute atomic E-state index is 11.1. The molecule has 0 aromatic heterocycles. The molecule has 0 amide bonds. The molecule has 5 heteroatoms. The number of hydrogen-bond donors (Lipinski definition) is 2. The minimum atomic E-state index is -1.01. The van der Waals surface area contributed by atoms with Gasteiger partial charge in [0.1, 0.15) is 11.8 Å². The molecule has 0 aliphatic carbocycles. The van der Waals surface area contributed by atoms with Crippen molar-refractivity contribution in [1.82, 2.24) is 5.32 Å². The van der Waals surface area contributed by atoms with Crippen LogP contribution in [-0.4, -0.2) is 24.7 Å². The molecule has 4 nitrogen and oxygen atoms in total. The third-order valence-electron chi connectivity index (χ3n) is 2.16. The highest BCUT2D eigenvalue weighted by atomic mass is 35.5. The van der Waals surface area contributed by atoms with Crippen LogP contribution in [-0.2, 0) is 4.79 Å². The van der Waals surface area contributed by atoms with E-state index in [1.807, 2.05) is 0 Å². The molecule has 0 heterocycles. The lowest BCUT2D eigenvalue weighted by atomic mass is 10.1. The first-order valence-electron chi connectivity index (χ1n) is 4.83. The van der Waals surface area contributed by atoms with E-state index in [4.69, 9.17) is 27.9 Å². The number of methoxy groups -OCH3 is 1. The second-order valence-corrected chi connectivity index (χ2v) is 3.66. The predicted octanol–water partition coefficient (Wildman–Crippen LogP) is 1.70. The first-order chi connectivity index (χ1) is 8.10. The molecule has 1 aromatic carbocycles. The lowest BCUT2D eigenvalue weighted by Gasteiger charge is -2.14. The van der Waals surface area contributed by atoms with Crippen LogP contribution in [0.1, 0.15) is 11.6 Å². The number of halogens is 1. The van der Waals surface area contributed by atoms with Crippen molar-refractivity contribution in [3.8, 4) is 18.1 Å². The summed E-state index contributed by atoms with van der Waals surface area (Å²) in [7, 11) is 1.49. The Labute approximate surface area is 105 Å². The van der Waals surface area contributed by atoms with Gasteiger partial charge in [0.25, 0.3) is 0 Å². The summed E-state index contributed by atoms with van der Waals surface area (Å²) in [6, 6.07) is 3.91. The maximum atomic E-state index is 11.1. The van der Waals surface area contributed by atoms with Gasteiger partial charge >= 0.3 is 5.97 Å². The molecule has 0 aliphatic rings. The summed E-state index contributed by atoms with van der Waals surface area (Å²) < 4.78 is 4.99. The van der Waals surface area contributed by atoms with E-state index in [1.165, 1.54) is 7.11 Å². The van der Waals surface area contributed by atoms with E-state index in [1.54, 1.807) is 18.2 Å². The lowest BCUT2D eigenvalue weighted by Crippen LogP contribution is -2.28. The zero-order chi connectivity index (χ0) is 12.8. The van der Waals surface area contributed by atoms with Crippen LogP contribution in [0, 0.1) is 12.3 Å². The maximum Gasteiger partial charge on any atom is 0.325 e. The van der Waals surface area contributed by atoms with Gasteiger partial charge in [-0.25, -0.2) is 0 Å². The Balaban J connectivity index is 2.99. The van der Waals surface area contributed by atoms with Crippen LogP contribution >= 0.6 is 11.6 Å². The Hall–Kier alpha value is -1.70. The Morgan fingerprint density at radius 1 is 1.71 bits per heavy atom. The van der Waals surface area contributed by atoms with Crippen molar-refractivity contribution in [2.24, 2.45) is 0 Å². The molecule has 0 saturated heterocycles. The number of aliphatic carboxylic acids is 1. The molecule has 0 bridgehead atoms. The number of nitrogens with one attached hydrogen (secondary N) is 1. The topological polar surface area (TPSA) is 58.6 Å². The van der Waals surface area contributed by atoms with Gasteiger partial charge < -0.3 is 9.84 Å². The molecule has 0 spiro atoms. The van der Waals surface area contributed by atoms with Gasteiger partial charge in [0.05, 0.1) is 18.7 Å². The summed E-state index contributed by atoms with van der Waals surface area (Å²) in [5, 5.41) is 12.1. The molecule has 2 N–H and O–H groups in total. The highest BCUT2D eigenvalue weighted by molar-refractivity contribution is 6.32. The fraction of sp³-hybridized carbons (Fsp3) is 0.250. The SMILES string of the molecule is C#CCNC(C(=O)O)c1ccc(OC)c(Cl)c1. The minimum absolute atomic E-state index is 0.167. The number of ether oxygens (including phenoxy) is 1. The van der Waals surface area contributed by atoms with Crippen LogP contribution in [0.2, 0.25) is 5.02 Å². The molecule has 90 valence electrons. The first kappa shape index (κ1) is 13.4. The monoisotopic (exact) mass is 253 g/mol. The van der Waals surface area contributed by atoms with E-state index in [0.29, 0.717) is 16.3 Å². The smallest absolute Gasteiger partial charge is 0.325 e. The Kier molecular flexibility index (Phi) is 4.83. The lowest BCUT2D eigenvalue weighted by molar-refractivity contribution is -0.139.